The van der Waals surface area contributed by atoms with Gasteiger partial charge in [0, 0.05) is 6.04 Å². The third-order valence-electron chi connectivity index (χ3n) is 3.18. The summed E-state index contributed by atoms with van der Waals surface area (Å²) in [6.45, 7) is 9.61. The first-order chi connectivity index (χ1) is 9.06. The Morgan fingerprint density at radius 2 is 2.11 bits per heavy atom. The summed E-state index contributed by atoms with van der Waals surface area (Å²) >= 11 is 3.19. The highest BCUT2D eigenvalue weighted by molar-refractivity contribution is 9.10. The van der Waals surface area contributed by atoms with E-state index in [-0.39, 0.29) is 11.9 Å². The zero-order valence-electron chi connectivity index (χ0n) is 11.9. The molecule has 1 aromatic heterocycles. The average Bonchev–Trinajstić information content (AvgIpc) is 2.81. The van der Waals surface area contributed by atoms with Gasteiger partial charge in [0.25, 0.3) is 5.91 Å². The van der Waals surface area contributed by atoms with Gasteiger partial charge < -0.3 is 14.6 Å². The van der Waals surface area contributed by atoms with Crippen LogP contribution in [0, 0.1) is 0 Å². The fourth-order valence-electron chi connectivity index (χ4n) is 1.96. The Kier molecular flexibility index (Phi) is 7.16. The molecule has 4 nitrogen and oxygen atoms in total. The van der Waals surface area contributed by atoms with E-state index < -0.39 is 0 Å². The Bertz CT molecular complexity index is 389. The summed E-state index contributed by atoms with van der Waals surface area (Å²) in [5, 5.41) is 2.95. The maximum atomic E-state index is 11.8. The summed E-state index contributed by atoms with van der Waals surface area (Å²) in [6, 6.07) is 3.55. The van der Waals surface area contributed by atoms with Crippen LogP contribution in [0.3, 0.4) is 0 Å². The molecule has 0 fully saturated rings. The van der Waals surface area contributed by atoms with Gasteiger partial charge in [0.05, 0.1) is 0 Å². The van der Waals surface area contributed by atoms with Crippen molar-refractivity contribution >= 4 is 21.8 Å². The second-order valence-corrected chi connectivity index (χ2v) is 5.43. The van der Waals surface area contributed by atoms with E-state index in [9.17, 15) is 4.79 Å². The van der Waals surface area contributed by atoms with Gasteiger partial charge in [-0.1, -0.05) is 13.8 Å². The predicted molar refractivity (Wildman–Crippen MR) is 80.4 cm³/mol. The van der Waals surface area contributed by atoms with E-state index in [1.54, 1.807) is 12.1 Å². The zero-order valence-corrected chi connectivity index (χ0v) is 13.5. The van der Waals surface area contributed by atoms with Gasteiger partial charge in [-0.15, -0.1) is 0 Å². The molecule has 1 rings (SSSR count). The van der Waals surface area contributed by atoms with Gasteiger partial charge in [-0.2, -0.15) is 0 Å². The maximum absolute atomic E-state index is 11.8. The Hall–Kier alpha value is -0.810. The Morgan fingerprint density at radius 3 is 2.63 bits per heavy atom. The van der Waals surface area contributed by atoms with Crippen molar-refractivity contribution in [3.63, 3.8) is 0 Å². The molecule has 1 amide bonds. The molecule has 0 aromatic carbocycles. The molecule has 1 N–H and O–H groups in total. The summed E-state index contributed by atoms with van der Waals surface area (Å²) in [5.41, 5.74) is 0. The van der Waals surface area contributed by atoms with Crippen LogP contribution in [0.15, 0.2) is 21.2 Å². The van der Waals surface area contributed by atoms with Crippen LogP contribution in [0.4, 0.5) is 0 Å². The summed E-state index contributed by atoms with van der Waals surface area (Å²) in [5.74, 6) is 0.198. The molecule has 0 aliphatic rings. The number of amides is 1. The first-order valence-electron chi connectivity index (χ1n) is 6.85. The van der Waals surface area contributed by atoms with Gasteiger partial charge in [0.2, 0.25) is 0 Å². The second kappa shape index (κ2) is 8.38. The normalized spacial score (nSPS) is 12.7. The number of furan rings is 1. The molecule has 0 spiro atoms. The summed E-state index contributed by atoms with van der Waals surface area (Å²) < 4.78 is 5.80. The first-order valence-corrected chi connectivity index (χ1v) is 7.64. The van der Waals surface area contributed by atoms with Gasteiger partial charge in [-0.05, 0) is 67.5 Å². The van der Waals surface area contributed by atoms with Crippen molar-refractivity contribution in [3.8, 4) is 0 Å². The Labute approximate surface area is 123 Å². The van der Waals surface area contributed by atoms with Crippen molar-refractivity contribution in [1.29, 1.82) is 0 Å². The lowest BCUT2D eigenvalue weighted by Gasteiger charge is -2.19. The van der Waals surface area contributed by atoms with Crippen molar-refractivity contribution in [2.75, 3.05) is 19.6 Å². The topological polar surface area (TPSA) is 45.5 Å². The minimum absolute atomic E-state index is 0.152. The molecule has 0 radical (unpaired) electrons. The highest BCUT2D eigenvalue weighted by atomic mass is 79.9. The molecule has 0 aliphatic carbocycles. The first kappa shape index (κ1) is 16.2. The van der Waals surface area contributed by atoms with Crippen LogP contribution in [-0.4, -0.2) is 36.5 Å². The molecule has 0 bridgehead atoms. The maximum Gasteiger partial charge on any atom is 0.287 e. The van der Waals surface area contributed by atoms with Crippen LogP contribution < -0.4 is 5.32 Å². The van der Waals surface area contributed by atoms with Gasteiger partial charge in [-0.25, -0.2) is 0 Å². The van der Waals surface area contributed by atoms with Crippen molar-refractivity contribution in [2.24, 2.45) is 0 Å². The van der Waals surface area contributed by atoms with E-state index >= 15 is 0 Å². The number of carbonyl (C=O) groups is 1. The number of hydrogen-bond acceptors (Lipinski definition) is 3. The van der Waals surface area contributed by atoms with Crippen LogP contribution in [0.1, 0.15) is 44.2 Å². The Balaban J connectivity index is 2.27. The van der Waals surface area contributed by atoms with Crippen LogP contribution in [0.25, 0.3) is 0 Å². The average molecular weight is 331 g/mol. The third kappa shape index (κ3) is 5.78. The van der Waals surface area contributed by atoms with Gasteiger partial charge in [-0.3, -0.25) is 4.79 Å². The standard InChI is InChI=1S/C14H23BrN2O2/c1-4-17(5-2)10-6-7-11(3)16-14(18)12-8-9-13(15)19-12/h8-9,11H,4-7,10H2,1-3H3,(H,16,18). The summed E-state index contributed by atoms with van der Waals surface area (Å²) in [7, 11) is 0. The minimum atomic E-state index is -0.152. The van der Waals surface area contributed by atoms with Gasteiger partial charge >= 0.3 is 0 Å². The molecule has 5 heteroatoms. The van der Waals surface area contributed by atoms with Gasteiger partial charge in [0.1, 0.15) is 0 Å². The van der Waals surface area contributed by atoms with E-state index in [1.165, 1.54) is 0 Å². The Morgan fingerprint density at radius 1 is 1.42 bits per heavy atom. The fourth-order valence-corrected chi connectivity index (χ4v) is 2.27. The van der Waals surface area contributed by atoms with E-state index in [4.69, 9.17) is 4.42 Å². The number of hydrogen-bond donors (Lipinski definition) is 1. The molecule has 1 heterocycles. The molecular formula is C14H23BrN2O2. The molecule has 1 atom stereocenters. The lowest BCUT2D eigenvalue weighted by Crippen LogP contribution is -2.33. The quantitative estimate of drug-likeness (QED) is 0.795. The van der Waals surface area contributed by atoms with Crippen molar-refractivity contribution in [2.45, 2.75) is 39.7 Å². The summed E-state index contributed by atoms with van der Waals surface area (Å²) in [6.07, 6.45) is 2.06. The lowest BCUT2D eigenvalue weighted by atomic mass is 10.1. The molecule has 1 aromatic rings. The predicted octanol–water partition coefficient (Wildman–Crippen LogP) is 3.28. The highest BCUT2D eigenvalue weighted by Gasteiger charge is 2.13. The molecule has 0 saturated heterocycles. The van der Waals surface area contributed by atoms with Crippen molar-refractivity contribution in [1.82, 2.24) is 10.2 Å². The van der Waals surface area contributed by atoms with E-state index in [2.05, 4.69) is 40.0 Å². The molecular weight excluding hydrogens is 308 g/mol. The van der Waals surface area contributed by atoms with Gasteiger partial charge in [0.15, 0.2) is 10.4 Å². The largest absolute Gasteiger partial charge is 0.444 e. The lowest BCUT2D eigenvalue weighted by molar-refractivity contribution is 0.0908. The molecule has 19 heavy (non-hydrogen) atoms. The zero-order chi connectivity index (χ0) is 14.3. The number of nitrogens with one attached hydrogen (secondary N) is 1. The van der Waals surface area contributed by atoms with Crippen LogP contribution in [0.5, 0.6) is 0 Å². The fraction of sp³-hybridized carbons (Fsp3) is 0.643. The molecule has 0 aliphatic heterocycles. The second-order valence-electron chi connectivity index (χ2n) is 4.65. The number of nitrogens with zero attached hydrogens (tertiary/aromatic N) is 1. The van der Waals surface area contributed by atoms with Crippen LogP contribution in [0.2, 0.25) is 0 Å². The van der Waals surface area contributed by atoms with E-state index in [0.717, 1.165) is 32.5 Å². The number of halogens is 1. The monoisotopic (exact) mass is 330 g/mol. The third-order valence-corrected chi connectivity index (χ3v) is 3.61. The minimum Gasteiger partial charge on any atom is -0.444 e. The number of rotatable bonds is 8. The number of carbonyl (C=O) groups excluding carboxylic acids is 1. The van der Waals surface area contributed by atoms with E-state index in [0.29, 0.717) is 10.4 Å². The highest BCUT2D eigenvalue weighted by Crippen LogP contribution is 2.14. The molecule has 108 valence electrons. The summed E-state index contributed by atoms with van der Waals surface area (Å²) in [4.78, 5) is 14.2. The van der Waals surface area contributed by atoms with E-state index in [1.807, 2.05) is 6.92 Å². The van der Waals surface area contributed by atoms with Crippen LogP contribution >= 0.6 is 15.9 Å². The smallest absolute Gasteiger partial charge is 0.287 e. The van der Waals surface area contributed by atoms with Crippen LogP contribution in [-0.2, 0) is 0 Å². The molecule has 1 unspecified atom stereocenters. The van der Waals surface area contributed by atoms with Crippen molar-refractivity contribution < 1.29 is 9.21 Å². The molecule has 0 saturated carbocycles. The SMILES string of the molecule is CCN(CC)CCCC(C)NC(=O)c1ccc(Br)o1. The van der Waals surface area contributed by atoms with Crippen molar-refractivity contribution in [3.05, 3.63) is 22.6 Å².